The molecule has 0 aliphatic carbocycles. The maximum atomic E-state index is 6.18. The van der Waals surface area contributed by atoms with Crippen LogP contribution in [0.2, 0.25) is 5.02 Å². The predicted octanol–water partition coefficient (Wildman–Crippen LogP) is 2.53. The number of aryl methyl sites for hydroxylation is 3. The Morgan fingerprint density at radius 2 is 2.18 bits per heavy atom. The van der Waals surface area contributed by atoms with Crippen molar-refractivity contribution in [3.63, 3.8) is 0 Å². The Kier molecular flexibility index (Phi) is 3.26. The average molecular weight is 254 g/mol. The largest absolute Gasteiger partial charge is 0.465 e. The van der Waals surface area contributed by atoms with Crippen molar-refractivity contribution in [2.24, 2.45) is 12.8 Å². The van der Waals surface area contributed by atoms with Gasteiger partial charge in [-0.3, -0.25) is 4.68 Å². The van der Waals surface area contributed by atoms with Crippen molar-refractivity contribution in [2.75, 3.05) is 0 Å². The first-order chi connectivity index (χ1) is 7.99. The van der Waals surface area contributed by atoms with E-state index in [9.17, 15) is 0 Å². The van der Waals surface area contributed by atoms with Crippen LogP contribution in [0.4, 0.5) is 0 Å². The lowest BCUT2D eigenvalue weighted by Crippen LogP contribution is -2.15. The summed E-state index contributed by atoms with van der Waals surface area (Å²) in [6.07, 6.45) is 0.614. The molecule has 0 saturated heterocycles. The van der Waals surface area contributed by atoms with Crippen molar-refractivity contribution in [2.45, 2.75) is 26.3 Å². The highest BCUT2D eigenvalue weighted by atomic mass is 35.5. The molecule has 0 aliphatic rings. The quantitative estimate of drug-likeness (QED) is 0.915. The summed E-state index contributed by atoms with van der Waals surface area (Å²) in [6.45, 7) is 3.78. The smallest absolute Gasteiger partial charge is 0.121 e. The van der Waals surface area contributed by atoms with Gasteiger partial charge in [-0.25, -0.2) is 0 Å². The number of hydrogen-bond donors (Lipinski definition) is 1. The molecule has 2 rings (SSSR count). The minimum atomic E-state index is -0.198. The Hall–Kier alpha value is -1.26. The van der Waals surface area contributed by atoms with Gasteiger partial charge in [0.05, 0.1) is 22.5 Å². The second-order valence-corrected chi connectivity index (χ2v) is 4.61. The van der Waals surface area contributed by atoms with Gasteiger partial charge in [0.15, 0.2) is 0 Å². The molecule has 2 aromatic rings. The minimum Gasteiger partial charge on any atom is -0.465 e. The van der Waals surface area contributed by atoms with Crippen molar-refractivity contribution in [1.29, 1.82) is 0 Å². The molecule has 4 nitrogen and oxygen atoms in total. The summed E-state index contributed by atoms with van der Waals surface area (Å²) >= 11 is 6.18. The standard InChI is InChI=1S/C12H16ClN3O/c1-7-4-5-11(17-7)9(14)6-10-12(13)8(2)15-16(10)3/h4-5,9H,6,14H2,1-3H3. The zero-order valence-electron chi connectivity index (χ0n) is 10.2. The van der Waals surface area contributed by atoms with Crippen molar-refractivity contribution in [3.8, 4) is 0 Å². The fraction of sp³-hybridized carbons (Fsp3) is 0.417. The molecular weight excluding hydrogens is 238 g/mol. The third-order valence-electron chi connectivity index (χ3n) is 2.80. The monoisotopic (exact) mass is 253 g/mol. The molecule has 0 bridgehead atoms. The van der Waals surface area contributed by atoms with Gasteiger partial charge in [-0.1, -0.05) is 11.6 Å². The first kappa shape index (κ1) is 12.2. The molecular formula is C12H16ClN3O. The zero-order valence-corrected chi connectivity index (χ0v) is 11.0. The van der Waals surface area contributed by atoms with Crippen molar-refractivity contribution < 1.29 is 4.42 Å². The lowest BCUT2D eigenvalue weighted by molar-refractivity contribution is 0.440. The fourth-order valence-electron chi connectivity index (χ4n) is 1.86. The molecule has 2 aromatic heterocycles. The molecule has 0 aromatic carbocycles. The summed E-state index contributed by atoms with van der Waals surface area (Å²) in [7, 11) is 1.87. The molecule has 0 amide bonds. The van der Waals surface area contributed by atoms with Crippen molar-refractivity contribution in [3.05, 3.63) is 40.1 Å². The van der Waals surface area contributed by atoms with Crippen LogP contribution in [0.3, 0.4) is 0 Å². The lowest BCUT2D eigenvalue weighted by atomic mass is 10.1. The van der Waals surface area contributed by atoms with Gasteiger partial charge >= 0.3 is 0 Å². The number of rotatable bonds is 3. The summed E-state index contributed by atoms with van der Waals surface area (Å²) in [5.41, 5.74) is 7.86. The van der Waals surface area contributed by atoms with Crippen LogP contribution in [0.25, 0.3) is 0 Å². The molecule has 2 N–H and O–H groups in total. The Bertz CT molecular complexity index is 530. The van der Waals surface area contributed by atoms with Gasteiger partial charge < -0.3 is 10.2 Å². The topological polar surface area (TPSA) is 57.0 Å². The number of nitrogens with two attached hydrogens (primary N) is 1. The number of nitrogens with zero attached hydrogens (tertiary/aromatic N) is 2. The van der Waals surface area contributed by atoms with Crippen LogP contribution < -0.4 is 5.73 Å². The Morgan fingerprint density at radius 3 is 2.65 bits per heavy atom. The van der Waals surface area contributed by atoms with Gasteiger partial charge in [-0.05, 0) is 26.0 Å². The third kappa shape index (κ3) is 2.37. The van der Waals surface area contributed by atoms with Crippen LogP contribution >= 0.6 is 11.6 Å². The first-order valence-corrected chi connectivity index (χ1v) is 5.86. The van der Waals surface area contributed by atoms with E-state index in [-0.39, 0.29) is 6.04 Å². The highest BCUT2D eigenvalue weighted by Crippen LogP contribution is 2.25. The van der Waals surface area contributed by atoms with Crippen molar-refractivity contribution >= 4 is 11.6 Å². The van der Waals surface area contributed by atoms with E-state index in [0.717, 1.165) is 22.9 Å². The van der Waals surface area contributed by atoms with E-state index >= 15 is 0 Å². The molecule has 0 aliphatic heterocycles. The maximum Gasteiger partial charge on any atom is 0.121 e. The molecule has 2 heterocycles. The first-order valence-electron chi connectivity index (χ1n) is 5.49. The van der Waals surface area contributed by atoms with E-state index in [2.05, 4.69) is 5.10 Å². The fourth-order valence-corrected chi connectivity index (χ4v) is 2.10. The molecule has 0 spiro atoms. The highest BCUT2D eigenvalue weighted by Gasteiger charge is 2.17. The van der Waals surface area contributed by atoms with Crippen LogP contribution in [-0.2, 0) is 13.5 Å². The second-order valence-electron chi connectivity index (χ2n) is 4.23. The van der Waals surface area contributed by atoms with Gasteiger partial charge in [0, 0.05) is 13.5 Å². The van der Waals surface area contributed by atoms with Gasteiger partial charge in [0.25, 0.3) is 0 Å². The van der Waals surface area contributed by atoms with Crippen molar-refractivity contribution in [1.82, 2.24) is 9.78 Å². The van der Waals surface area contributed by atoms with E-state index in [1.807, 2.05) is 33.0 Å². The van der Waals surface area contributed by atoms with Gasteiger partial charge in [0.1, 0.15) is 11.5 Å². The maximum absolute atomic E-state index is 6.18. The van der Waals surface area contributed by atoms with Gasteiger partial charge in [-0.2, -0.15) is 5.10 Å². The van der Waals surface area contributed by atoms with Gasteiger partial charge in [-0.15, -0.1) is 0 Å². The summed E-state index contributed by atoms with van der Waals surface area (Å²) in [6, 6.07) is 3.61. The van der Waals surface area contributed by atoms with Crippen LogP contribution in [0.1, 0.15) is 29.0 Å². The summed E-state index contributed by atoms with van der Waals surface area (Å²) in [5, 5.41) is 4.95. The number of furan rings is 1. The van der Waals surface area contributed by atoms with Crippen LogP contribution in [0, 0.1) is 13.8 Å². The summed E-state index contributed by atoms with van der Waals surface area (Å²) < 4.78 is 7.28. The van der Waals surface area contributed by atoms with Gasteiger partial charge in [0.2, 0.25) is 0 Å². The normalized spacial score (nSPS) is 13.0. The van der Waals surface area contributed by atoms with E-state index in [1.54, 1.807) is 4.68 Å². The van der Waals surface area contributed by atoms with Crippen LogP contribution in [-0.4, -0.2) is 9.78 Å². The molecule has 5 heteroatoms. The molecule has 0 fully saturated rings. The van der Waals surface area contributed by atoms with E-state index < -0.39 is 0 Å². The SMILES string of the molecule is Cc1ccc(C(N)Cc2c(Cl)c(C)nn2C)o1. The molecule has 1 unspecified atom stereocenters. The van der Waals surface area contributed by atoms with E-state index in [1.165, 1.54) is 0 Å². The molecule has 92 valence electrons. The predicted molar refractivity (Wildman–Crippen MR) is 67.0 cm³/mol. The number of halogens is 1. The molecule has 1 atom stereocenters. The van der Waals surface area contributed by atoms with E-state index in [4.69, 9.17) is 21.8 Å². The lowest BCUT2D eigenvalue weighted by Gasteiger charge is -2.09. The minimum absolute atomic E-state index is 0.198. The number of hydrogen-bond acceptors (Lipinski definition) is 3. The third-order valence-corrected chi connectivity index (χ3v) is 3.29. The highest BCUT2D eigenvalue weighted by molar-refractivity contribution is 6.31. The Balaban J connectivity index is 2.21. The summed E-state index contributed by atoms with van der Waals surface area (Å²) in [4.78, 5) is 0. The van der Waals surface area contributed by atoms with Crippen LogP contribution in [0.15, 0.2) is 16.5 Å². The average Bonchev–Trinajstić information content (AvgIpc) is 2.79. The number of aromatic nitrogens is 2. The van der Waals surface area contributed by atoms with E-state index in [0.29, 0.717) is 11.4 Å². The molecule has 0 saturated carbocycles. The molecule has 0 radical (unpaired) electrons. The molecule has 17 heavy (non-hydrogen) atoms. The second kappa shape index (κ2) is 4.55. The van der Waals surface area contributed by atoms with Crippen LogP contribution in [0.5, 0.6) is 0 Å². The zero-order chi connectivity index (χ0) is 12.6. The summed E-state index contributed by atoms with van der Waals surface area (Å²) in [5.74, 6) is 1.64. The Morgan fingerprint density at radius 1 is 1.47 bits per heavy atom. The Labute approximate surface area is 105 Å².